The second-order valence-electron chi connectivity index (χ2n) is 4.14. The summed E-state index contributed by atoms with van der Waals surface area (Å²) in [6, 6.07) is 5.62. The first-order valence-electron chi connectivity index (χ1n) is 5.74. The molecule has 0 atom stereocenters. The molecule has 0 saturated heterocycles. The van der Waals surface area contributed by atoms with Crippen molar-refractivity contribution in [3.63, 3.8) is 0 Å². The first-order chi connectivity index (χ1) is 9.49. The van der Waals surface area contributed by atoms with Crippen LogP contribution in [0.3, 0.4) is 0 Å². The van der Waals surface area contributed by atoms with Gasteiger partial charge >= 0.3 is 5.97 Å². The molecule has 0 aliphatic carbocycles. The number of carboxylic acid groups (broad SMARTS) is 1. The van der Waals surface area contributed by atoms with Crippen molar-refractivity contribution in [2.24, 2.45) is 0 Å². The molecule has 102 valence electrons. The molecule has 5 nitrogen and oxygen atoms in total. The molecule has 0 saturated carbocycles. The Hall–Kier alpha value is -2.76. The van der Waals surface area contributed by atoms with Gasteiger partial charge in [-0.3, -0.25) is 9.78 Å². The molecule has 1 heterocycles. The summed E-state index contributed by atoms with van der Waals surface area (Å²) in [5.74, 6) is -2.38. The third-order valence-electron chi connectivity index (χ3n) is 2.73. The van der Waals surface area contributed by atoms with E-state index >= 15 is 0 Å². The van der Waals surface area contributed by atoms with Gasteiger partial charge in [-0.1, -0.05) is 0 Å². The summed E-state index contributed by atoms with van der Waals surface area (Å²) in [7, 11) is 0. The summed E-state index contributed by atoms with van der Waals surface area (Å²) in [5, 5.41) is 11.4. The Kier molecular flexibility index (Phi) is 3.74. The van der Waals surface area contributed by atoms with Gasteiger partial charge in [0.1, 0.15) is 0 Å². The lowest BCUT2D eigenvalue weighted by Gasteiger charge is -2.08. The molecule has 0 spiro atoms. The Balaban J connectivity index is 2.23. The number of nitrogens with one attached hydrogen (secondary N) is 1. The number of hydrogen-bond acceptors (Lipinski definition) is 3. The molecule has 0 aliphatic heterocycles. The van der Waals surface area contributed by atoms with Crippen molar-refractivity contribution in [1.29, 1.82) is 0 Å². The smallest absolute Gasteiger partial charge is 0.335 e. The lowest BCUT2D eigenvalue weighted by Crippen LogP contribution is -2.14. The van der Waals surface area contributed by atoms with E-state index in [2.05, 4.69) is 10.3 Å². The van der Waals surface area contributed by atoms with Crippen LogP contribution in [0.15, 0.2) is 36.7 Å². The molecule has 20 heavy (non-hydrogen) atoms. The largest absolute Gasteiger partial charge is 0.478 e. The van der Waals surface area contributed by atoms with E-state index in [1.807, 2.05) is 0 Å². The number of carbonyl (C=O) groups is 2. The molecular weight excluding hydrogens is 263 g/mol. The molecule has 0 aliphatic rings. The van der Waals surface area contributed by atoms with Crippen molar-refractivity contribution >= 4 is 17.6 Å². The van der Waals surface area contributed by atoms with Crippen LogP contribution in [0.4, 0.5) is 10.1 Å². The van der Waals surface area contributed by atoms with E-state index in [9.17, 15) is 14.0 Å². The monoisotopic (exact) mass is 274 g/mol. The first-order valence-corrected chi connectivity index (χ1v) is 5.74. The van der Waals surface area contributed by atoms with Crippen LogP contribution in [-0.2, 0) is 0 Å². The quantitative estimate of drug-likeness (QED) is 0.901. The Morgan fingerprint density at radius 1 is 1.25 bits per heavy atom. The summed E-state index contributed by atoms with van der Waals surface area (Å²) in [6.07, 6.45) is 2.27. The van der Waals surface area contributed by atoms with Crippen LogP contribution in [0.25, 0.3) is 0 Å². The lowest BCUT2D eigenvalue weighted by molar-refractivity contribution is 0.0696. The number of aromatic carboxylic acids is 1. The number of carboxylic acids is 1. The lowest BCUT2D eigenvalue weighted by atomic mass is 10.1. The number of carbonyl (C=O) groups excluding carboxylic acids is 1. The number of aromatic nitrogens is 1. The number of halogens is 1. The Bertz CT molecular complexity index is 686. The highest BCUT2D eigenvalue weighted by atomic mass is 19.1. The maximum Gasteiger partial charge on any atom is 0.335 e. The molecule has 1 amide bonds. The van der Waals surface area contributed by atoms with Crippen molar-refractivity contribution in [3.05, 3.63) is 59.2 Å². The average molecular weight is 274 g/mol. The molecule has 2 aromatic rings. The van der Waals surface area contributed by atoms with Crippen LogP contribution >= 0.6 is 0 Å². The molecule has 6 heteroatoms. The van der Waals surface area contributed by atoms with E-state index in [0.29, 0.717) is 11.3 Å². The van der Waals surface area contributed by atoms with Gasteiger partial charge in [-0.15, -0.1) is 0 Å². The van der Waals surface area contributed by atoms with Gasteiger partial charge in [0.25, 0.3) is 5.91 Å². The predicted molar refractivity (Wildman–Crippen MR) is 70.3 cm³/mol. The third-order valence-corrected chi connectivity index (χ3v) is 2.73. The summed E-state index contributed by atoms with van der Waals surface area (Å²) in [6.45, 7) is 1.62. The molecule has 0 fully saturated rings. The first kappa shape index (κ1) is 13.7. The fourth-order valence-corrected chi connectivity index (χ4v) is 1.74. The van der Waals surface area contributed by atoms with Gasteiger partial charge in [-0.2, -0.15) is 0 Å². The minimum atomic E-state index is -1.04. The average Bonchev–Trinajstić information content (AvgIpc) is 2.38. The topological polar surface area (TPSA) is 79.3 Å². The molecule has 0 bridgehead atoms. The number of pyridine rings is 1. The number of anilines is 1. The summed E-state index contributed by atoms with van der Waals surface area (Å²) < 4.78 is 13.4. The zero-order chi connectivity index (χ0) is 14.7. The van der Waals surface area contributed by atoms with Gasteiger partial charge in [0.05, 0.1) is 17.3 Å². The van der Waals surface area contributed by atoms with Crippen LogP contribution in [0.1, 0.15) is 26.3 Å². The minimum absolute atomic E-state index is 0.125. The third kappa shape index (κ3) is 2.80. The predicted octanol–water partition coefficient (Wildman–Crippen LogP) is 2.48. The van der Waals surface area contributed by atoms with Crippen LogP contribution in [0.2, 0.25) is 0 Å². The van der Waals surface area contributed by atoms with Crippen molar-refractivity contribution in [3.8, 4) is 0 Å². The van der Waals surface area contributed by atoms with Gasteiger partial charge in [0.2, 0.25) is 0 Å². The summed E-state index contributed by atoms with van der Waals surface area (Å²) >= 11 is 0. The van der Waals surface area contributed by atoms with Crippen LogP contribution in [-0.4, -0.2) is 22.0 Å². The number of nitrogens with zero attached hydrogens (tertiary/aromatic N) is 1. The van der Waals surface area contributed by atoms with Crippen molar-refractivity contribution in [2.45, 2.75) is 6.92 Å². The molecule has 2 rings (SSSR count). The molecule has 1 aromatic heterocycles. The molecule has 2 N–H and O–H groups in total. The van der Waals surface area contributed by atoms with Gasteiger partial charge < -0.3 is 10.4 Å². The van der Waals surface area contributed by atoms with E-state index < -0.39 is 17.7 Å². The highest BCUT2D eigenvalue weighted by Crippen LogP contribution is 2.16. The number of rotatable bonds is 3. The zero-order valence-electron chi connectivity index (χ0n) is 10.6. The second kappa shape index (κ2) is 5.48. The second-order valence-corrected chi connectivity index (χ2v) is 4.14. The van der Waals surface area contributed by atoms with E-state index in [-0.39, 0.29) is 11.1 Å². The highest BCUT2D eigenvalue weighted by molar-refractivity contribution is 6.04. The van der Waals surface area contributed by atoms with E-state index in [0.717, 1.165) is 6.20 Å². The number of benzene rings is 1. The maximum absolute atomic E-state index is 13.4. The Morgan fingerprint density at radius 3 is 2.60 bits per heavy atom. The van der Waals surface area contributed by atoms with E-state index in [1.54, 1.807) is 6.92 Å². The fourth-order valence-electron chi connectivity index (χ4n) is 1.74. The number of amides is 1. The van der Waals surface area contributed by atoms with Crippen molar-refractivity contribution in [2.75, 3.05) is 5.32 Å². The van der Waals surface area contributed by atoms with Gasteiger partial charge in [0.15, 0.2) is 5.82 Å². The Labute approximate surface area is 114 Å². The molecular formula is C14H11FN2O3. The van der Waals surface area contributed by atoms with Gasteiger partial charge in [-0.25, -0.2) is 9.18 Å². The zero-order valence-corrected chi connectivity index (χ0v) is 10.6. The van der Waals surface area contributed by atoms with Crippen molar-refractivity contribution < 1.29 is 19.1 Å². The van der Waals surface area contributed by atoms with Crippen LogP contribution < -0.4 is 5.32 Å². The Morgan fingerprint density at radius 2 is 2.00 bits per heavy atom. The maximum atomic E-state index is 13.4. The SMILES string of the molecule is Cc1cc(NC(=O)c2ccncc2F)ccc1C(=O)O. The van der Waals surface area contributed by atoms with Crippen LogP contribution in [0.5, 0.6) is 0 Å². The van der Waals surface area contributed by atoms with Crippen LogP contribution in [0, 0.1) is 12.7 Å². The van der Waals surface area contributed by atoms with Gasteiger partial charge in [-0.05, 0) is 36.8 Å². The van der Waals surface area contributed by atoms with E-state index in [4.69, 9.17) is 5.11 Å². The van der Waals surface area contributed by atoms with E-state index in [1.165, 1.54) is 30.5 Å². The standard InChI is InChI=1S/C14H11FN2O3/c1-8-6-9(2-3-10(8)14(19)20)17-13(18)11-4-5-16-7-12(11)15/h2-7H,1H3,(H,17,18)(H,19,20). The molecule has 0 radical (unpaired) electrons. The molecule has 0 unspecified atom stereocenters. The van der Waals surface area contributed by atoms with Gasteiger partial charge in [0, 0.05) is 11.9 Å². The number of aryl methyl sites for hydroxylation is 1. The summed E-state index contributed by atoms with van der Waals surface area (Å²) in [4.78, 5) is 26.3. The highest BCUT2D eigenvalue weighted by Gasteiger charge is 2.13. The normalized spacial score (nSPS) is 10.1. The summed E-state index contributed by atoms with van der Waals surface area (Å²) in [5.41, 5.74) is 0.928. The van der Waals surface area contributed by atoms with Crippen molar-refractivity contribution in [1.82, 2.24) is 4.98 Å². The minimum Gasteiger partial charge on any atom is -0.478 e. The fraction of sp³-hybridized carbons (Fsp3) is 0.0714. The number of hydrogen-bond donors (Lipinski definition) is 2. The molecule has 1 aromatic carbocycles.